The van der Waals surface area contributed by atoms with Crippen molar-refractivity contribution in [1.82, 2.24) is 10.3 Å². The molecular formula is C17H16N2O4S3. The third-order valence-corrected chi connectivity index (χ3v) is 7.09. The number of rotatable bonds is 6. The fraction of sp³-hybridized carbons (Fsp3) is 0.176. The van der Waals surface area contributed by atoms with Crippen molar-refractivity contribution in [3.63, 3.8) is 0 Å². The zero-order valence-electron chi connectivity index (χ0n) is 14.1. The number of benzene rings is 1. The molecule has 136 valence electrons. The topological polar surface area (TPSA) is 85.4 Å². The number of carbonyl (C=O) groups is 1. The van der Waals surface area contributed by atoms with Gasteiger partial charge in [-0.2, -0.15) is 8.42 Å². The van der Waals surface area contributed by atoms with Crippen LogP contribution >= 0.6 is 22.7 Å². The van der Waals surface area contributed by atoms with E-state index in [0.29, 0.717) is 0 Å². The SMILES string of the molecule is CC(=O)NCc1ccc(S(=O)(=O)Oc2cccc(-c3nc(C)cs3)c2)s1. The lowest BCUT2D eigenvalue weighted by Gasteiger charge is -2.06. The largest absolute Gasteiger partial charge is 0.378 e. The number of carbonyl (C=O) groups excluding carboxylic acids is 1. The third kappa shape index (κ3) is 4.48. The van der Waals surface area contributed by atoms with Gasteiger partial charge in [0, 0.05) is 28.4 Å². The van der Waals surface area contributed by atoms with Gasteiger partial charge in [0.15, 0.2) is 4.21 Å². The molecule has 1 N–H and O–H groups in total. The van der Waals surface area contributed by atoms with E-state index in [0.717, 1.165) is 32.5 Å². The highest BCUT2D eigenvalue weighted by Crippen LogP contribution is 2.29. The molecule has 2 heterocycles. The normalized spacial score (nSPS) is 11.3. The van der Waals surface area contributed by atoms with Gasteiger partial charge in [-0.05, 0) is 31.2 Å². The van der Waals surface area contributed by atoms with Gasteiger partial charge in [-0.3, -0.25) is 4.79 Å². The Kier molecular flexibility index (Phi) is 5.40. The van der Waals surface area contributed by atoms with Crippen LogP contribution in [0.5, 0.6) is 5.75 Å². The second-order valence-electron chi connectivity index (χ2n) is 5.49. The van der Waals surface area contributed by atoms with E-state index in [-0.39, 0.29) is 22.4 Å². The monoisotopic (exact) mass is 408 g/mol. The predicted octanol–water partition coefficient (Wildman–Crippen LogP) is 3.58. The van der Waals surface area contributed by atoms with Crippen molar-refractivity contribution in [2.75, 3.05) is 0 Å². The molecule has 1 aromatic carbocycles. The van der Waals surface area contributed by atoms with E-state index < -0.39 is 10.1 Å². The first-order valence-electron chi connectivity index (χ1n) is 7.64. The molecule has 1 amide bonds. The van der Waals surface area contributed by atoms with Crippen LogP contribution in [0, 0.1) is 6.92 Å². The number of aryl methyl sites for hydroxylation is 1. The number of thiazole rings is 1. The molecule has 3 rings (SSSR count). The molecule has 9 heteroatoms. The highest BCUT2D eigenvalue weighted by atomic mass is 32.3. The van der Waals surface area contributed by atoms with Crippen molar-refractivity contribution in [1.29, 1.82) is 0 Å². The number of nitrogens with one attached hydrogen (secondary N) is 1. The summed E-state index contributed by atoms with van der Waals surface area (Å²) in [6, 6.07) is 9.97. The molecule has 0 atom stereocenters. The zero-order chi connectivity index (χ0) is 18.7. The van der Waals surface area contributed by atoms with Crippen molar-refractivity contribution < 1.29 is 17.4 Å². The maximum Gasteiger partial charge on any atom is 0.348 e. The van der Waals surface area contributed by atoms with E-state index >= 15 is 0 Å². The molecular weight excluding hydrogens is 392 g/mol. The Morgan fingerprint density at radius 3 is 2.77 bits per heavy atom. The Bertz CT molecular complexity index is 1040. The molecule has 0 bridgehead atoms. The number of hydrogen-bond donors (Lipinski definition) is 1. The molecule has 6 nitrogen and oxygen atoms in total. The van der Waals surface area contributed by atoms with E-state index in [9.17, 15) is 13.2 Å². The van der Waals surface area contributed by atoms with E-state index in [2.05, 4.69) is 10.3 Å². The summed E-state index contributed by atoms with van der Waals surface area (Å²) >= 11 is 2.56. The van der Waals surface area contributed by atoms with Gasteiger partial charge in [0.1, 0.15) is 10.8 Å². The first-order valence-corrected chi connectivity index (χ1v) is 10.7. The van der Waals surface area contributed by atoms with Gasteiger partial charge < -0.3 is 9.50 Å². The Morgan fingerprint density at radius 1 is 1.27 bits per heavy atom. The van der Waals surface area contributed by atoms with Gasteiger partial charge in [0.25, 0.3) is 0 Å². The predicted molar refractivity (Wildman–Crippen MR) is 102 cm³/mol. The average Bonchev–Trinajstić information content (AvgIpc) is 3.22. The summed E-state index contributed by atoms with van der Waals surface area (Å²) in [7, 11) is -3.94. The van der Waals surface area contributed by atoms with Gasteiger partial charge in [-0.1, -0.05) is 12.1 Å². The standard InChI is InChI=1S/C17H16N2O4S3/c1-11-10-24-17(19-11)13-4-3-5-14(8-13)23-26(21,22)16-7-6-15(25-16)9-18-12(2)20/h3-8,10H,9H2,1-2H3,(H,18,20). The quantitative estimate of drug-likeness (QED) is 0.630. The van der Waals surface area contributed by atoms with Crippen LogP contribution in [0.2, 0.25) is 0 Å². The van der Waals surface area contributed by atoms with Gasteiger partial charge in [0.05, 0.1) is 6.54 Å². The number of nitrogens with zero attached hydrogens (tertiary/aromatic N) is 1. The maximum absolute atomic E-state index is 12.5. The maximum atomic E-state index is 12.5. The summed E-state index contributed by atoms with van der Waals surface area (Å²) in [5.74, 6) is 0.0560. The minimum atomic E-state index is -3.94. The van der Waals surface area contributed by atoms with Crippen LogP contribution in [-0.2, 0) is 21.5 Å². The molecule has 0 spiro atoms. The molecule has 2 aromatic heterocycles. The molecule has 3 aromatic rings. The molecule has 0 saturated heterocycles. The van der Waals surface area contributed by atoms with Gasteiger partial charge in [-0.15, -0.1) is 22.7 Å². The van der Waals surface area contributed by atoms with Crippen LogP contribution in [0.1, 0.15) is 17.5 Å². The summed E-state index contributed by atoms with van der Waals surface area (Å²) in [5.41, 5.74) is 1.71. The van der Waals surface area contributed by atoms with Gasteiger partial charge in [0.2, 0.25) is 5.91 Å². The lowest BCUT2D eigenvalue weighted by Crippen LogP contribution is -2.18. The minimum Gasteiger partial charge on any atom is -0.378 e. The van der Waals surface area contributed by atoms with Gasteiger partial charge in [-0.25, -0.2) is 4.98 Å². The zero-order valence-corrected chi connectivity index (χ0v) is 16.5. The molecule has 0 aliphatic rings. The summed E-state index contributed by atoms with van der Waals surface area (Å²) in [6.07, 6.45) is 0. The van der Waals surface area contributed by atoms with Crippen LogP contribution in [0.3, 0.4) is 0 Å². The third-order valence-electron chi connectivity index (χ3n) is 3.30. The van der Waals surface area contributed by atoms with E-state index in [4.69, 9.17) is 4.18 Å². The molecule has 26 heavy (non-hydrogen) atoms. The molecule has 0 aliphatic carbocycles. The lowest BCUT2D eigenvalue weighted by atomic mass is 10.2. The Balaban J connectivity index is 1.78. The second kappa shape index (κ2) is 7.56. The van der Waals surface area contributed by atoms with Crippen LogP contribution in [0.15, 0.2) is 46.0 Å². The van der Waals surface area contributed by atoms with Gasteiger partial charge >= 0.3 is 10.1 Å². The second-order valence-corrected chi connectivity index (χ2v) is 9.29. The Hall–Kier alpha value is -2.23. The highest BCUT2D eigenvalue weighted by molar-refractivity contribution is 7.89. The fourth-order valence-electron chi connectivity index (χ4n) is 2.13. The molecule has 0 unspecified atom stereocenters. The number of thiophene rings is 1. The average molecular weight is 409 g/mol. The Morgan fingerprint density at radius 2 is 2.08 bits per heavy atom. The summed E-state index contributed by atoms with van der Waals surface area (Å²) in [4.78, 5) is 16.1. The fourth-order valence-corrected chi connectivity index (χ4v) is 5.11. The molecule has 0 aliphatic heterocycles. The highest BCUT2D eigenvalue weighted by Gasteiger charge is 2.20. The van der Waals surface area contributed by atoms with Crippen molar-refractivity contribution in [3.05, 3.63) is 52.3 Å². The van der Waals surface area contributed by atoms with Crippen molar-refractivity contribution in [2.24, 2.45) is 0 Å². The smallest absolute Gasteiger partial charge is 0.348 e. The first kappa shape index (κ1) is 18.6. The van der Waals surface area contributed by atoms with Crippen LogP contribution in [0.25, 0.3) is 10.6 Å². The minimum absolute atomic E-state index is 0.0911. The number of amides is 1. The summed E-state index contributed by atoms with van der Waals surface area (Å²) < 4.78 is 30.3. The lowest BCUT2D eigenvalue weighted by molar-refractivity contribution is -0.119. The first-order chi connectivity index (χ1) is 12.3. The van der Waals surface area contributed by atoms with E-state index in [1.807, 2.05) is 18.4 Å². The van der Waals surface area contributed by atoms with Crippen LogP contribution < -0.4 is 9.50 Å². The van der Waals surface area contributed by atoms with E-state index in [1.165, 1.54) is 24.3 Å². The van der Waals surface area contributed by atoms with Crippen molar-refractivity contribution in [3.8, 4) is 16.3 Å². The van der Waals surface area contributed by atoms with Crippen molar-refractivity contribution in [2.45, 2.75) is 24.6 Å². The molecule has 0 fully saturated rings. The summed E-state index contributed by atoms with van der Waals surface area (Å²) in [6.45, 7) is 3.60. The van der Waals surface area contributed by atoms with E-state index in [1.54, 1.807) is 24.3 Å². The van der Waals surface area contributed by atoms with Crippen LogP contribution in [-0.4, -0.2) is 19.3 Å². The molecule has 0 radical (unpaired) electrons. The Labute approximate surface area is 159 Å². The van der Waals surface area contributed by atoms with Crippen LogP contribution in [0.4, 0.5) is 0 Å². The van der Waals surface area contributed by atoms with Crippen molar-refractivity contribution >= 4 is 38.7 Å². The number of hydrogen-bond acceptors (Lipinski definition) is 7. The molecule has 0 saturated carbocycles. The summed E-state index contributed by atoms with van der Waals surface area (Å²) in [5, 5.41) is 5.37. The number of aromatic nitrogens is 1.